The van der Waals surface area contributed by atoms with Gasteiger partial charge in [-0.15, -0.1) is 0 Å². The zero-order chi connectivity index (χ0) is 13.8. The van der Waals surface area contributed by atoms with Crippen molar-refractivity contribution >= 4 is 11.8 Å². The van der Waals surface area contributed by atoms with Crippen LogP contribution in [0.4, 0.5) is 0 Å². The maximum atomic E-state index is 11.8. The predicted molar refractivity (Wildman–Crippen MR) is 61.4 cm³/mol. The first-order valence-electron chi connectivity index (χ1n) is 5.46. The van der Waals surface area contributed by atoms with Crippen molar-refractivity contribution in [3.8, 4) is 0 Å². The van der Waals surface area contributed by atoms with Crippen LogP contribution >= 0.6 is 0 Å². The van der Waals surface area contributed by atoms with Gasteiger partial charge in [0.05, 0.1) is 5.95 Å². The summed E-state index contributed by atoms with van der Waals surface area (Å²) in [5.74, 6) is -2.12. The second kappa shape index (κ2) is 7.18. The third-order valence-electron chi connectivity index (χ3n) is 2.51. The second-order valence-corrected chi connectivity index (χ2v) is 3.84. The van der Waals surface area contributed by atoms with E-state index < -0.39 is 30.0 Å². The van der Waals surface area contributed by atoms with Crippen LogP contribution in [0.2, 0.25) is 0 Å². The van der Waals surface area contributed by atoms with Crippen LogP contribution < -0.4 is 45.3 Å². The quantitative estimate of drug-likeness (QED) is 0.297. The number of carbonyl (C=O) groups excluding carboxylic acids is 2. The number of rotatable bonds is 4. The molecule has 1 aliphatic heterocycles. The van der Waals surface area contributed by atoms with E-state index in [4.69, 9.17) is 9.84 Å². The fourth-order valence-electron chi connectivity index (χ4n) is 1.55. The molecule has 1 aliphatic rings. The van der Waals surface area contributed by atoms with Gasteiger partial charge in [0.1, 0.15) is 6.26 Å². The third-order valence-corrected chi connectivity index (χ3v) is 2.51. The normalized spacial score (nSPS) is 21.0. The fourth-order valence-corrected chi connectivity index (χ4v) is 1.55. The molecule has 1 fully saturated rings. The second-order valence-electron chi connectivity index (χ2n) is 3.84. The SMILES string of the molecule is O=C(N[C@H]1C(=O)N[C@@H]1O/C=C(\[O-])O)c1ccccc1.[Na+]. The minimum Gasteiger partial charge on any atom is -0.627 e. The Labute approximate surface area is 136 Å². The van der Waals surface area contributed by atoms with Gasteiger partial charge in [-0.1, -0.05) is 18.2 Å². The molecule has 8 heteroatoms. The van der Waals surface area contributed by atoms with Gasteiger partial charge in [-0.2, -0.15) is 0 Å². The maximum Gasteiger partial charge on any atom is 1.00 e. The summed E-state index contributed by atoms with van der Waals surface area (Å²) < 4.78 is 4.79. The molecule has 0 bridgehead atoms. The Hall–Kier alpha value is -1.70. The van der Waals surface area contributed by atoms with E-state index in [1.165, 1.54) is 0 Å². The predicted octanol–water partition coefficient (Wildman–Crippen LogP) is -4.02. The van der Waals surface area contributed by atoms with Crippen molar-refractivity contribution in [2.24, 2.45) is 0 Å². The molecule has 2 amide bonds. The van der Waals surface area contributed by atoms with Gasteiger partial charge in [-0.3, -0.25) is 9.59 Å². The first kappa shape index (κ1) is 16.4. The zero-order valence-electron chi connectivity index (χ0n) is 10.7. The molecule has 1 heterocycles. The number of aliphatic hydroxyl groups is 1. The largest absolute Gasteiger partial charge is 1.00 e. The van der Waals surface area contributed by atoms with Gasteiger partial charge in [-0.05, 0) is 12.1 Å². The summed E-state index contributed by atoms with van der Waals surface area (Å²) in [4.78, 5) is 23.1. The van der Waals surface area contributed by atoms with Crippen molar-refractivity contribution in [3.05, 3.63) is 48.1 Å². The number of ether oxygens (including phenoxy) is 1. The summed E-state index contributed by atoms with van der Waals surface area (Å²) in [7, 11) is 0. The standard InChI is InChI=1S/C12H12N2O5.Na/c15-8(16)6-19-12-9(11(18)14-12)13-10(17)7-4-2-1-3-5-7;/h1-6,9,12,15-16H,(H,13,17)(H,14,18);/q;+1/p-1/t9-,12+;/m0./s1. The van der Waals surface area contributed by atoms with E-state index in [-0.39, 0.29) is 29.6 Å². The Kier molecular flexibility index (Phi) is 5.87. The van der Waals surface area contributed by atoms with Crippen molar-refractivity contribution in [2.45, 2.75) is 12.3 Å². The van der Waals surface area contributed by atoms with E-state index in [0.29, 0.717) is 11.8 Å². The molecule has 2 rings (SSSR count). The Bertz CT molecular complexity index is 516. The average molecular weight is 286 g/mol. The van der Waals surface area contributed by atoms with Gasteiger partial charge < -0.3 is 25.6 Å². The number of β-lactam (4-membered cyclic amide) rings is 1. The van der Waals surface area contributed by atoms with Crippen LogP contribution in [0.1, 0.15) is 10.4 Å². The number of carbonyl (C=O) groups is 2. The van der Waals surface area contributed by atoms with Crippen LogP contribution in [0.15, 0.2) is 42.5 Å². The van der Waals surface area contributed by atoms with Gasteiger partial charge in [-0.25, -0.2) is 0 Å². The molecule has 0 unspecified atom stereocenters. The fraction of sp³-hybridized carbons (Fsp3) is 0.167. The Morgan fingerprint density at radius 3 is 2.60 bits per heavy atom. The molecule has 0 saturated carbocycles. The molecular formula is C12H11N2NaO5. The van der Waals surface area contributed by atoms with Crippen LogP contribution in [0.3, 0.4) is 0 Å². The minimum absolute atomic E-state index is 0. The van der Waals surface area contributed by atoms with Crippen LogP contribution in [0.25, 0.3) is 0 Å². The van der Waals surface area contributed by atoms with Gasteiger partial charge in [0, 0.05) is 5.56 Å². The smallest absolute Gasteiger partial charge is 0.627 e. The Balaban J connectivity index is 0.00000200. The maximum absolute atomic E-state index is 11.8. The molecule has 3 N–H and O–H groups in total. The van der Waals surface area contributed by atoms with Crippen molar-refractivity contribution in [1.82, 2.24) is 10.6 Å². The van der Waals surface area contributed by atoms with Crippen molar-refractivity contribution in [2.75, 3.05) is 0 Å². The number of amides is 2. The third kappa shape index (κ3) is 3.89. The Morgan fingerprint density at radius 1 is 1.40 bits per heavy atom. The number of nitrogens with one attached hydrogen (secondary N) is 2. The van der Waals surface area contributed by atoms with Crippen molar-refractivity contribution in [1.29, 1.82) is 0 Å². The molecule has 1 aromatic carbocycles. The summed E-state index contributed by atoms with van der Waals surface area (Å²) in [5.41, 5.74) is 0.406. The summed E-state index contributed by atoms with van der Waals surface area (Å²) in [5, 5.41) is 23.5. The molecule has 20 heavy (non-hydrogen) atoms. The molecule has 100 valence electrons. The molecule has 0 radical (unpaired) electrons. The topological polar surface area (TPSA) is 111 Å². The summed E-state index contributed by atoms with van der Waals surface area (Å²) in [6.07, 6.45) is -0.303. The first-order valence-corrected chi connectivity index (χ1v) is 5.46. The monoisotopic (exact) mass is 286 g/mol. The van der Waals surface area contributed by atoms with Crippen LogP contribution in [0.5, 0.6) is 0 Å². The van der Waals surface area contributed by atoms with E-state index in [0.717, 1.165) is 0 Å². The van der Waals surface area contributed by atoms with Gasteiger partial charge in [0.15, 0.2) is 6.04 Å². The van der Waals surface area contributed by atoms with Crippen LogP contribution in [-0.2, 0) is 9.53 Å². The zero-order valence-corrected chi connectivity index (χ0v) is 12.7. The van der Waals surface area contributed by atoms with E-state index in [1.54, 1.807) is 30.3 Å². The molecule has 0 spiro atoms. The van der Waals surface area contributed by atoms with Gasteiger partial charge in [0.2, 0.25) is 6.23 Å². The summed E-state index contributed by atoms with van der Waals surface area (Å²) in [6.45, 7) is 0. The molecule has 0 aliphatic carbocycles. The molecule has 2 atom stereocenters. The van der Waals surface area contributed by atoms with Crippen molar-refractivity contribution < 1.29 is 54.1 Å². The van der Waals surface area contributed by atoms with E-state index in [1.807, 2.05) is 0 Å². The van der Waals surface area contributed by atoms with Gasteiger partial charge >= 0.3 is 29.6 Å². The van der Waals surface area contributed by atoms with E-state index in [2.05, 4.69) is 10.6 Å². The molecule has 0 aromatic heterocycles. The molecule has 7 nitrogen and oxygen atoms in total. The van der Waals surface area contributed by atoms with Crippen molar-refractivity contribution in [3.63, 3.8) is 0 Å². The van der Waals surface area contributed by atoms with Gasteiger partial charge in [0.25, 0.3) is 11.8 Å². The average Bonchev–Trinajstić information content (AvgIpc) is 2.41. The van der Waals surface area contributed by atoms with E-state index in [9.17, 15) is 14.7 Å². The number of benzene rings is 1. The van der Waals surface area contributed by atoms with E-state index >= 15 is 0 Å². The first-order chi connectivity index (χ1) is 9.08. The molecule has 1 aromatic rings. The number of hydrogen-bond acceptors (Lipinski definition) is 5. The Morgan fingerprint density at radius 2 is 2.05 bits per heavy atom. The molecule has 1 saturated heterocycles. The minimum atomic E-state index is -1.27. The number of aliphatic hydroxyl groups excluding tert-OH is 1. The number of hydrogen-bond donors (Lipinski definition) is 3. The summed E-state index contributed by atoms with van der Waals surface area (Å²) in [6, 6.07) is 7.46. The van der Waals surface area contributed by atoms with Crippen LogP contribution in [-0.4, -0.2) is 29.2 Å². The van der Waals surface area contributed by atoms with Crippen LogP contribution in [0, 0.1) is 0 Å². The molecular weight excluding hydrogens is 275 g/mol. The summed E-state index contributed by atoms with van der Waals surface area (Å²) >= 11 is 0.